The van der Waals surface area contributed by atoms with Crippen molar-refractivity contribution in [3.63, 3.8) is 0 Å². The van der Waals surface area contributed by atoms with Crippen molar-refractivity contribution in [2.24, 2.45) is 11.8 Å². The Kier molecular flexibility index (Phi) is 9.95. The summed E-state index contributed by atoms with van der Waals surface area (Å²) in [7, 11) is 0. The lowest BCUT2D eigenvalue weighted by atomic mass is 10.0. The number of thiophene rings is 1. The molecule has 5 atom stereocenters. The van der Waals surface area contributed by atoms with E-state index in [4.69, 9.17) is 4.74 Å². The number of para-hydroxylation sites is 2. The zero-order valence-electron chi connectivity index (χ0n) is 25.2. The van der Waals surface area contributed by atoms with Crippen molar-refractivity contribution in [3.05, 3.63) is 64.3 Å². The molecule has 1 saturated heterocycles. The van der Waals surface area contributed by atoms with Gasteiger partial charge >= 0.3 is 5.97 Å². The number of hydrogen-bond donors (Lipinski definition) is 3. The summed E-state index contributed by atoms with van der Waals surface area (Å²) in [5, 5.41) is 14.9. The van der Waals surface area contributed by atoms with Crippen LogP contribution < -0.4 is 10.9 Å². The van der Waals surface area contributed by atoms with E-state index in [2.05, 4.69) is 21.4 Å². The highest BCUT2D eigenvalue weighted by Crippen LogP contribution is 2.46. The molecular formula is C33H40N4O6S. The molecule has 2 fully saturated rings. The van der Waals surface area contributed by atoms with Crippen LogP contribution in [0.25, 0.3) is 21.6 Å². The van der Waals surface area contributed by atoms with Crippen LogP contribution in [0.4, 0.5) is 0 Å². The number of ether oxygens (including phenoxy) is 1. The maximum absolute atomic E-state index is 13.0. The predicted molar refractivity (Wildman–Crippen MR) is 169 cm³/mol. The number of aromatic nitrogens is 2. The maximum Gasteiger partial charge on any atom is 0.332 e. The normalized spacial score (nSPS) is 27.9. The summed E-state index contributed by atoms with van der Waals surface area (Å²) in [6.07, 6.45) is 8.81. The number of aromatic amines is 1. The van der Waals surface area contributed by atoms with E-state index in [1.807, 2.05) is 54.8 Å². The molecule has 44 heavy (non-hydrogen) atoms. The average molecular weight is 621 g/mol. The zero-order valence-corrected chi connectivity index (χ0v) is 26.0. The van der Waals surface area contributed by atoms with Crippen molar-refractivity contribution in [3.8, 4) is 10.6 Å². The molecule has 2 amide bonds. The van der Waals surface area contributed by atoms with Crippen molar-refractivity contribution in [2.75, 3.05) is 13.2 Å². The zero-order chi connectivity index (χ0) is 31.3. The monoisotopic (exact) mass is 620 g/mol. The molecule has 0 radical (unpaired) electrons. The Hall–Kier alpha value is -3.83. The van der Waals surface area contributed by atoms with E-state index in [0.717, 1.165) is 48.0 Å². The molecule has 0 bridgehead atoms. The van der Waals surface area contributed by atoms with Crippen molar-refractivity contribution < 1.29 is 24.2 Å². The maximum atomic E-state index is 13.0. The van der Waals surface area contributed by atoms with Gasteiger partial charge in [-0.2, -0.15) is 0 Å². The van der Waals surface area contributed by atoms with Crippen molar-refractivity contribution in [1.82, 2.24) is 20.2 Å². The van der Waals surface area contributed by atoms with Gasteiger partial charge in [0.1, 0.15) is 17.3 Å². The first-order chi connectivity index (χ1) is 21.2. The number of aliphatic hydroxyl groups excluding tert-OH is 1. The molecule has 1 saturated carbocycles. The SMILES string of the molecule is CCOC(=O)[C@@]12C[C@H]1/C=C\CCCCC[C@H](C)C(=O)N1C[C@@H](O)C[C@H]1C(=O)N2.O=c1[nH]c2ccccc2nc1-c1cccs1. The van der Waals surface area contributed by atoms with Gasteiger partial charge < -0.3 is 25.0 Å². The van der Waals surface area contributed by atoms with Gasteiger partial charge in [0.15, 0.2) is 0 Å². The summed E-state index contributed by atoms with van der Waals surface area (Å²) in [6.45, 7) is 4.04. The topological polar surface area (TPSA) is 142 Å². The molecule has 234 valence electrons. The Morgan fingerprint density at radius 3 is 2.75 bits per heavy atom. The molecule has 1 aliphatic carbocycles. The standard InChI is InChI=1S/C21H32N2O5.C12H8N2OS/c1-3-28-20(27)21-12-15(21)10-8-6-4-5-7-9-14(2)19(26)23-13-16(24)11-17(23)18(25)22-21;15-12-11(10-6-3-7-16-10)13-8-4-1-2-5-9(8)14-12/h8,10,14-17,24H,3-7,9,11-13H2,1-2H3,(H,22,25);1-7H,(H,14,15)/b10-8-;/t14-,15+,16-,17-,21+;/m0./s1. The summed E-state index contributed by atoms with van der Waals surface area (Å²) in [6, 6.07) is 10.6. The van der Waals surface area contributed by atoms with Crippen LogP contribution in [0, 0.1) is 11.8 Å². The number of aliphatic hydroxyl groups is 1. The number of H-pyrrole nitrogens is 1. The van der Waals surface area contributed by atoms with Crippen LogP contribution in [-0.4, -0.2) is 68.6 Å². The summed E-state index contributed by atoms with van der Waals surface area (Å²) >= 11 is 1.52. The van der Waals surface area contributed by atoms with Gasteiger partial charge in [-0.15, -0.1) is 11.3 Å². The van der Waals surface area contributed by atoms with Crippen molar-refractivity contribution in [2.45, 2.75) is 76.5 Å². The number of hydrogen-bond acceptors (Lipinski definition) is 8. The first-order valence-electron chi connectivity index (χ1n) is 15.4. The first kappa shape index (κ1) is 31.6. The quantitative estimate of drug-likeness (QED) is 0.294. The number of nitrogens with zero attached hydrogens (tertiary/aromatic N) is 2. The van der Waals surface area contributed by atoms with E-state index in [0.29, 0.717) is 12.1 Å². The average Bonchev–Trinajstić information content (AvgIpc) is 3.31. The molecule has 0 spiro atoms. The minimum Gasteiger partial charge on any atom is -0.464 e. The molecule has 3 aromatic rings. The molecule has 3 N–H and O–H groups in total. The van der Waals surface area contributed by atoms with E-state index >= 15 is 0 Å². The van der Waals surface area contributed by atoms with Crippen LogP contribution in [0.5, 0.6) is 0 Å². The number of nitrogens with one attached hydrogen (secondary N) is 2. The molecule has 3 aliphatic rings. The van der Waals surface area contributed by atoms with Gasteiger partial charge in [-0.25, -0.2) is 9.78 Å². The molecule has 2 aliphatic heterocycles. The van der Waals surface area contributed by atoms with Crippen LogP contribution in [0.1, 0.15) is 58.8 Å². The predicted octanol–water partition coefficient (Wildman–Crippen LogP) is 4.19. The van der Waals surface area contributed by atoms with Gasteiger partial charge in [0.2, 0.25) is 11.8 Å². The Morgan fingerprint density at radius 2 is 1.98 bits per heavy atom. The van der Waals surface area contributed by atoms with Gasteiger partial charge in [-0.3, -0.25) is 14.4 Å². The molecule has 6 rings (SSSR count). The second kappa shape index (κ2) is 13.9. The first-order valence-corrected chi connectivity index (χ1v) is 16.3. The summed E-state index contributed by atoms with van der Waals surface area (Å²) in [5.74, 6) is -1.17. The lowest BCUT2D eigenvalue weighted by Crippen LogP contribution is -2.54. The lowest BCUT2D eigenvalue weighted by molar-refractivity contribution is -0.150. The second-order valence-electron chi connectivity index (χ2n) is 11.8. The molecule has 0 unspecified atom stereocenters. The van der Waals surface area contributed by atoms with Crippen LogP contribution in [0.3, 0.4) is 0 Å². The van der Waals surface area contributed by atoms with E-state index in [1.165, 1.54) is 16.2 Å². The second-order valence-corrected chi connectivity index (χ2v) is 12.7. The van der Waals surface area contributed by atoms with E-state index in [1.54, 1.807) is 6.92 Å². The minimum atomic E-state index is -1.04. The van der Waals surface area contributed by atoms with Crippen molar-refractivity contribution >= 4 is 40.2 Å². The molecular weight excluding hydrogens is 580 g/mol. The summed E-state index contributed by atoms with van der Waals surface area (Å²) in [4.78, 5) is 59.9. The van der Waals surface area contributed by atoms with Crippen LogP contribution >= 0.6 is 11.3 Å². The summed E-state index contributed by atoms with van der Waals surface area (Å²) < 4.78 is 5.22. The fraction of sp³-hybridized carbons (Fsp3) is 0.485. The third-order valence-corrected chi connectivity index (χ3v) is 9.39. The largest absolute Gasteiger partial charge is 0.464 e. The minimum absolute atomic E-state index is 0.0879. The van der Waals surface area contributed by atoms with Gasteiger partial charge in [0.05, 0.1) is 28.6 Å². The number of rotatable bonds is 3. The fourth-order valence-corrected chi connectivity index (χ4v) is 6.70. The van der Waals surface area contributed by atoms with Crippen LogP contribution in [-0.2, 0) is 19.1 Å². The third-order valence-electron chi connectivity index (χ3n) is 8.52. The highest BCUT2D eigenvalue weighted by Gasteiger charge is 2.62. The fourth-order valence-electron chi connectivity index (χ4n) is 5.99. The van der Waals surface area contributed by atoms with Crippen LogP contribution in [0.15, 0.2) is 58.7 Å². The number of amides is 2. The Balaban J connectivity index is 0.000000201. The number of esters is 1. The van der Waals surface area contributed by atoms with E-state index < -0.39 is 23.7 Å². The van der Waals surface area contributed by atoms with E-state index in [-0.39, 0.29) is 48.8 Å². The number of benzene rings is 1. The number of carbonyl (C=O) groups is 3. The Morgan fingerprint density at radius 1 is 1.16 bits per heavy atom. The van der Waals surface area contributed by atoms with Gasteiger partial charge in [-0.05, 0) is 56.2 Å². The number of carbonyl (C=O) groups excluding carboxylic acids is 3. The molecule has 4 heterocycles. The molecule has 2 aromatic heterocycles. The lowest BCUT2D eigenvalue weighted by Gasteiger charge is -2.28. The van der Waals surface area contributed by atoms with Gasteiger partial charge in [0.25, 0.3) is 5.56 Å². The Bertz CT molecular complexity index is 1570. The molecule has 10 nitrogen and oxygen atoms in total. The molecule has 11 heteroatoms. The summed E-state index contributed by atoms with van der Waals surface area (Å²) in [5.41, 5.74) is 0.894. The Labute approximate surface area is 260 Å². The van der Waals surface area contributed by atoms with Gasteiger partial charge in [0, 0.05) is 24.8 Å². The highest BCUT2D eigenvalue weighted by atomic mass is 32.1. The highest BCUT2D eigenvalue weighted by molar-refractivity contribution is 7.13. The van der Waals surface area contributed by atoms with Crippen LogP contribution in [0.2, 0.25) is 0 Å². The molecule has 1 aromatic carbocycles. The van der Waals surface area contributed by atoms with Gasteiger partial charge in [-0.1, -0.05) is 50.1 Å². The number of allylic oxidation sites excluding steroid dienone is 1. The third kappa shape index (κ3) is 6.94. The smallest absolute Gasteiger partial charge is 0.332 e. The van der Waals surface area contributed by atoms with Crippen molar-refractivity contribution in [1.29, 1.82) is 0 Å². The van der Waals surface area contributed by atoms with E-state index in [9.17, 15) is 24.3 Å². The number of fused-ring (bicyclic) bond motifs is 3.